The lowest BCUT2D eigenvalue weighted by Crippen LogP contribution is -2.29. The van der Waals surface area contributed by atoms with Crippen molar-refractivity contribution in [2.24, 2.45) is 32.5 Å². The highest BCUT2D eigenvalue weighted by molar-refractivity contribution is 8.68. The van der Waals surface area contributed by atoms with Gasteiger partial charge in [-0.3, -0.25) is 0 Å². The summed E-state index contributed by atoms with van der Waals surface area (Å²) < 4.78 is 2.53. The molecule has 2 fully saturated rings. The summed E-state index contributed by atoms with van der Waals surface area (Å²) in [5.74, 6) is 0. The Balaban J connectivity index is 0.000000181. The Kier molecular flexibility index (Phi) is 11.2. The molecule has 0 bridgehead atoms. The number of hydrogen-bond acceptors (Lipinski definition) is 0. The van der Waals surface area contributed by atoms with Crippen LogP contribution < -0.4 is 0 Å². The van der Waals surface area contributed by atoms with Crippen LogP contribution in [0.4, 0.5) is 0 Å². The van der Waals surface area contributed by atoms with Crippen LogP contribution in [0.1, 0.15) is 229 Å². The van der Waals surface area contributed by atoms with Gasteiger partial charge in [-0.05, 0) is 116 Å². The van der Waals surface area contributed by atoms with Gasteiger partial charge in [0.25, 0.3) is 0 Å². The van der Waals surface area contributed by atoms with Crippen molar-refractivity contribution in [1.82, 2.24) is 0 Å². The highest BCUT2D eigenvalue weighted by Gasteiger charge is 2.90. The Morgan fingerprint density at radius 3 is 0.667 bits per heavy atom. The summed E-state index contributed by atoms with van der Waals surface area (Å²) in [6.07, 6.45) is 0. The van der Waals surface area contributed by atoms with Crippen molar-refractivity contribution < 1.29 is 0 Å². The van der Waals surface area contributed by atoms with Gasteiger partial charge in [-0.15, -0.1) is 0 Å². The van der Waals surface area contributed by atoms with Crippen LogP contribution in [0, 0.1) is 32.5 Å². The van der Waals surface area contributed by atoms with Crippen molar-refractivity contribution in [3.8, 4) is 0 Å². The second-order valence-electron chi connectivity index (χ2n) is 29.8. The molecule has 340 valence electrons. The fourth-order valence-electron chi connectivity index (χ4n) is 11.8. The third kappa shape index (κ3) is 6.09. The maximum atomic E-state index is 2.64. The van der Waals surface area contributed by atoms with E-state index in [1.54, 1.807) is 16.4 Å². The zero-order valence-corrected chi connectivity index (χ0v) is 53.4. The maximum absolute atomic E-state index is 2.64. The van der Waals surface area contributed by atoms with Crippen LogP contribution in [0.25, 0.3) is 0 Å². The molecule has 0 radical (unpaired) electrons. The van der Waals surface area contributed by atoms with E-state index >= 15 is 0 Å². The Bertz CT molecular complexity index is 2030. The normalized spacial score (nSPS) is 35.4. The van der Waals surface area contributed by atoms with E-state index in [1.807, 2.05) is 31.3 Å². The minimum Gasteiger partial charge on any atom is -0.0814 e. The average molecular weight is 1000 g/mol. The molecule has 0 nitrogen and oxygen atoms in total. The third-order valence-electron chi connectivity index (χ3n) is 14.1. The summed E-state index contributed by atoms with van der Waals surface area (Å²) in [6.45, 7) is 77.2. The van der Waals surface area contributed by atoms with Gasteiger partial charge in [-0.1, -0.05) is 253 Å². The summed E-state index contributed by atoms with van der Waals surface area (Å²) in [5.41, 5.74) is 3.73. The molecule has 0 aromatic carbocycles. The monoisotopic (exact) mass is 1000 g/mol. The summed E-state index contributed by atoms with van der Waals surface area (Å²) in [4.78, 5) is 0. The largest absolute Gasteiger partial charge is 0.0842 e. The zero-order chi connectivity index (χ0) is 46.5. The molecule has 8 heterocycles. The number of hydrogen-bond donors (Lipinski definition) is 0. The van der Waals surface area contributed by atoms with Gasteiger partial charge in [0.05, 0.1) is 18.6 Å². The van der Waals surface area contributed by atoms with E-state index in [0.29, 0.717) is 72.7 Å². The molecule has 10 heteroatoms. The van der Waals surface area contributed by atoms with Crippen molar-refractivity contribution in [2.75, 3.05) is 0 Å². The Labute approximate surface area is 384 Å². The predicted molar refractivity (Wildman–Crippen MR) is 299 cm³/mol. The van der Waals surface area contributed by atoms with E-state index in [2.05, 4.69) is 208 Å². The van der Waals surface area contributed by atoms with Gasteiger partial charge >= 0.3 is 0 Å². The van der Waals surface area contributed by atoms with E-state index in [9.17, 15) is 0 Å². The fourth-order valence-corrected chi connectivity index (χ4v) is 111. The molecule has 8 rings (SSSR count). The molecule has 0 spiro atoms. The summed E-state index contributed by atoms with van der Waals surface area (Å²) in [6, 6.07) is 0. The van der Waals surface area contributed by atoms with Crippen LogP contribution in [-0.2, 0) is 40.2 Å². The van der Waals surface area contributed by atoms with Crippen LogP contribution in [0.5, 0.6) is 0 Å². The Morgan fingerprint density at radius 1 is 0.283 bits per heavy atom. The van der Waals surface area contributed by atoms with E-state index < -0.39 is 0 Å². The molecule has 6 aliphatic rings. The first kappa shape index (κ1) is 50.6. The van der Waals surface area contributed by atoms with Gasteiger partial charge in [0.1, 0.15) is 0 Å². The third-order valence-corrected chi connectivity index (χ3v) is 78.8. The highest BCUT2D eigenvalue weighted by Crippen LogP contribution is 3.32. The molecule has 0 amide bonds. The molecular formula is C50H90P10. The lowest BCUT2D eigenvalue weighted by molar-refractivity contribution is 0.393. The molecular weight excluding hydrogens is 910 g/mol. The summed E-state index contributed by atoms with van der Waals surface area (Å²) >= 11 is 0. The van der Waals surface area contributed by atoms with Gasteiger partial charge in [0.15, 0.2) is 0 Å². The molecule has 4 unspecified atom stereocenters. The van der Waals surface area contributed by atoms with E-state index in [0.717, 1.165) is 0 Å². The van der Waals surface area contributed by atoms with Crippen molar-refractivity contribution in [1.29, 1.82) is 0 Å². The standard InChI is InChI=1S/2C25H45P5/c2*1-19(2,3)16-17(20(4,5)6)28-25(23(13,14)15)29-18(21(7,8)9)26-24(27(16)28,30(25)29)22(10,11)12/h2*1-15H3/t2*24-,25-,27?,28?,29-,30-/m10/s1. The lowest BCUT2D eigenvalue weighted by Gasteiger charge is -2.48. The zero-order valence-electron chi connectivity index (χ0n) is 44.5. The molecule has 2 saturated heterocycles. The van der Waals surface area contributed by atoms with E-state index in [4.69, 9.17) is 0 Å². The predicted octanol–water partition coefficient (Wildman–Crippen LogP) is 23.2. The van der Waals surface area contributed by atoms with Crippen LogP contribution in [0.2, 0.25) is 0 Å². The number of fused-ring (bicyclic) bond motifs is 8. The quantitative estimate of drug-likeness (QED) is 0.231. The number of rotatable bonds is 0. The van der Waals surface area contributed by atoms with Gasteiger partial charge < -0.3 is 0 Å². The van der Waals surface area contributed by atoms with Gasteiger partial charge in [0.2, 0.25) is 0 Å². The fraction of sp³-hybridized carbons (Fsp3) is 0.880. The van der Waals surface area contributed by atoms with Crippen molar-refractivity contribution in [3.63, 3.8) is 0 Å². The molecule has 6 aliphatic heterocycles. The Hall–Kier alpha value is 2.74. The highest BCUT2D eigenvalue weighted by atomic mass is 32.2. The first-order valence-electron chi connectivity index (χ1n) is 23.3. The topological polar surface area (TPSA) is 0 Å². The second kappa shape index (κ2) is 13.3. The minimum absolute atomic E-state index is 0.0112. The van der Waals surface area contributed by atoms with Gasteiger partial charge in [0, 0.05) is 0 Å². The van der Waals surface area contributed by atoms with Gasteiger partial charge in [-0.25, -0.2) is 0 Å². The lowest BCUT2D eigenvalue weighted by atomic mass is 9.86. The summed E-state index contributed by atoms with van der Waals surface area (Å²) in [5, 5.41) is 11.9. The molecule has 60 heavy (non-hydrogen) atoms. The summed E-state index contributed by atoms with van der Waals surface area (Å²) in [7, 11) is 3.99. The van der Waals surface area contributed by atoms with Crippen LogP contribution in [0.15, 0.2) is 0 Å². The average Bonchev–Trinajstić information content (AvgIpc) is 3.58. The van der Waals surface area contributed by atoms with E-state index in [1.165, 1.54) is 0 Å². The van der Waals surface area contributed by atoms with E-state index in [-0.39, 0.29) is 59.3 Å². The van der Waals surface area contributed by atoms with Crippen LogP contribution >= 0.6 is 75.7 Å². The first-order chi connectivity index (χ1) is 26.1. The SMILES string of the molecule is CC(C)(C)C1=P[C@@]2(C(C)(C)C)p3c(C(C)(C)C)c(C(C)(C)C)p3[C@@]3(C(C)(C)C)[P@@]1[P@]32.CC(C)(C)C1=P[C@]2(C(C)(C)C)p3c(C(C)(C)C)c(C(C)(C)C)p3[C@]3(C(C)(C)C)[P@]1[P@@]32. The minimum atomic E-state index is -0.0149. The molecule has 0 saturated carbocycles. The van der Waals surface area contributed by atoms with Crippen LogP contribution in [-0.4, -0.2) is 10.1 Å². The molecule has 2 aromatic rings. The molecule has 0 N–H and O–H groups in total. The van der Waals surface area contributed by atoms with Gasteiger partial charge in [-0.2, -0.15) is 0 Å². The molecule has 2 aromatic heterocycles. The molecule has 0 aliphatic carbocycles. The Morgan fingerprint density at radius 2 is 0.500 bits per heavy atom. The van der Waals surface area contributed by atoms with Crippen molar-refractivity contribution in [3.05, 3.63) is 21.2 Å². The second-order valence-corrected chi connectivity index (χ2v) is 61.4. The van der Waals surface area contributed by atoms with Crippen molar-refractivity contribution >= 4 is 85.8 Å². The smallest absolute Gasteiger partial charge is 0.0814 e. The van der Waals surface area contributed by atoms with Crippen LogP contribution in [0.3, 0.4) is 0 Å². The first-order valence-corrected chi connectivity index (χ1v) is 38.6. The van der Waals surface area contributed by atoms with Crippen molar-refractivity contribution in [2.45, 2.75) is 248 Å². The molecule has 12 atom stereocenters. The maximum Gasteiger partial charge on any atom is 0.0842 e.